The molecule has 0 saturated carbocycles. The van der Waals surface area contributed by atoms with E-state index in [0.717, 1.165) is 37.7 Å². The Kier molecular flexibility index (Phi) is 7.93. The highest BCUT2D eigenvalue weighted by Gasteiger charge is 2.26. The first-order valence-corrected chi connectivity index (χ1v) is 15.3. The van der Waals surface area contributed by atoms with E-state index >= 15 is 0 Å². The van der Waals surface area contributed by atoms with Gasteiger partial charge in [0, 0.05) is 27.7 Å². The summed E-state index contributed by atoms with van der Waals surface area (Å²) in [4.78, 5) is 30.0. The van der Waals surface area contributed by atoms with E-state index in [1.807, 2.05) is 54.6 Å². The van der Waals surface area contributed by atoms with E-state index in [0.29, 0.717) is 41.1 Å². The molecular weight excluding hydrogens is 567 g/mol. The van der Waals surface area contributed by atoms with E-state index in [1.54, 1.807) is 29.1 Å². The number of aliphatic hydroxyl groups is 2. The Morgan fingerprint density at radius 1 is 1.10 bits per heavy atom. The number of aliphatic hydroxyl groups excluding tert-OH is 1. The van der Waals surface area contributed by atoms with Crippen molar-refractivity contribution in [3.63, 3.8) is 0 Å². The van der Waals surface area contributed by atoms with E-state index in [4.69, 9.17) is 4.74 Å². The molecule has 1 aliphatic heterocycles. The lowest BCUT2D eigenvalue weighted by molar-refractivity contribution is -0.0459. The van der Waals surface area contributed by atoms with E-state index in [-0.39, 0.29) is 11.7 Å². The first-order chi connectivity index (χ1) is 19.5. The van der Waals surface area contributed by atoms with Gasteiger partial charge in [-0.15, -0.1) is 23.1 Å². The van der Waals surface area contributed by atoms with Crippen LogP contribution in [0.1, 0.15) is 23.3 Å². The molecule has 40 heavy (non-hydrogen) atoms. The second kappa shape index (κ2) is 11.9. The molecule has 0 unspecified atom stereocenters. The van der Waals surface area contributed by atoms with Crippen LogP contribution in [0.15, 0.2) is 71.9 Å². The van der Waals surface area contributed by atoms with Crippen LogP contribution in [-0.4, -0.2) is 50.1 Å². The summed E-state index contributed by atoms with van der Waals surface area (Å²) in [5.41, 5.74) is 2.50. The molecule has 0 saturated heterocycles. The molecule has 9 nitrogen and oxygen atoms in total. The number of fused-ring (bicyclic) bond motifs is 2. The van der Waals surface area contributed by atoms with Gasteiger partial charge in [-0.1, -0.05) is 23.5 Å². The number of aromatic nitrogens is 3. The van der Waals surface area contributed by atoms with Crippen LogP contribution in [0, 0.1) is 0 Å². The largest absolute Gasteiger partial charge is 0.490 e. The third-order valence-corrected chi connectivity index (χ3v) is 9.49. The van der Waals surface area contributed by atoms with Gasteiger partial charge in [0.05, 0.1) is 22.4 Å². The van der Waals surface area contributed by atoms with Crippen LogP contribution in [0.25, 0.3) is 20.8 Å². The topological polar surface area (TPSA) is 121 Å². The predicted octanol–water partition coefficient (Wildman–Crippen LogP) is 5.95. The zero-order chi connectivity index (χ0) is 27.5. The van der Waals surface area contributed by atoms with Gasteiger partial charge in [0.15, 0.2) is 11.4 Å². The Morgan fingerprint density at radius 2 is 1.95 bits per heavy atom. The second-order valence-corrected chi connectivity index (χ2v) is 12.2. The molecule has 2 amide bonds. The number of ether oxygens (including phenoxy) is 1. The Labute approximate surface area is 242 Å². The molecule has 1 aliphatic rings. The van der Waals surface area contributed by atoms with Crippen LogP contribution in [0.3, 0.4) is 0 Å². The van der Waals surface area contributed by atoms with Crippen LogP contribution in [0.5, 0.6) is 5.75 Å². The lowest BCUT2D eigenvalue weighted by Crippen LogP contribution is -2.40. The molecule has 0 radical (unpaired) electrons. The van der Waals surface area contributed by atoms with Crippen LogP contribution < -0.4 is 15.0 Å². The Bertz CT molecular complexity index is 1610. The fourth-order valence-electron chi connectivity index (χ4n) is 4.37. The molecule has 0 aliphatic carbocycles. The van der Waals surface area contributed by atoms with Crippen molar-refractivity contribution in [1.82, 2.24) is 15.0 Å². The fourth-order valence-corrected chi connectivity index (χ4v) is 7.19. The van der Waals surface area contributed by atoms with Crippen molar-refractivity contribution in [1.29, 1.82) is 0 Å². The van der Waals surface area contributed by atoms with Crippen molar-refractivity contribution < 1.29 is 19.7 Å². The van der Waals surface area contributed by atoms with Crippen LogP contribution >= 0.6 is 34.4 Å². The summed E-state index contributed by atoms with van der Waals surface area (Å²) < 4.78 is 6.82. The number of nitrogens with one attached hydrogen (secondary N) is 1. The first kappa shape index (κ1) is 26.7. The zero-order valence-corrected chi connectivity index (χ0v) is 23.6. The van der Waals surface area contributed by atoms with Crippen molar-refractivity contribution >= 4 is 61.5 Å². The normalized spacial score (nSPS) is 12.9. The molecule has 6 rings (SSSR count). The van der Waals surface area contributed by atoms with Crippen molar-refractivity contribution in [2.45, 2.75) is 24.0 Å². The SMILES string of the molecule is O=C(Nc1nc2ccccc2s1)N1CCOc2ccc(-c3nc(C(O)O)c(CCCSc4ccncc4)s3)cc21. The fraction of sp³-hybridized carbons (Fsp3) is 0.214. The maximum atomic E-state index is 13.3. The highest BCUT2D eigenvalue weighted by molar-refractivity contribution is 7.99. The van der Waals surface area contributed by atoms with E-state index in [9.17, 15) is 15.0 Å². The minimum Gasteiger partial charge on any atom is -0.490 e. The third-order valence-electron chi connectivity index (χ3n) is 6.26. The van der Waals surface area contributed by atoms with Crippen LogP contribution in [0.2, 0.25) is 0 Å². The predicted molar refractivity (Wildman–Crippen MR) is 159 cm³/mol. The number of para-hydroxylation sites is 1. The third kappa shape index (κ3) is 5.81. The monoisotopic (exact) mass is 591 g/mol. The van der Waals surface area contributed by atoms with Gasteiger partial charge >= 0.3 is 6.03 Å². The van der Waals surface area contributed by atoms with Gasteiger partial charge in [-0.2, -0.15) is 0 Å². The molecule has 0 fully saturated rings. The zero-order valence-electron chi connectivity index (χ0n) is 21.2. The molecule has 0 atom stereocenters. The van der Waals surface area contributed by atoms with Crippen molar-refractivity contribution in [2.24, 2.45) is 0 Å². The maximum Gasteiger partial charge on any atom is 0.328 e. The smallest absolute Gasteiger partial charge is 0.328 e. The van der Waals surface area contributed by atoms with E-state index in [2.05, 4.69) is 20.3 Å². The van der Waals surface area contributed by atoms with E-state index < -0.39 is 6.29 Å². The number of carbonyl (C=O) groups excluding carboxylic acids is 1. The lowest BCUT2D eigenvalue weighted by Gasteiger charge is -2.29. The number of rotatable bonds is 8. The molecule has 3 aromatic heterocycles. The number of nitrogens with zero attached hydrogens (tertiary/aromatic N) is 4. The summed E-state index contributed by atoms with van der Waals surface area (Å²) in [7, 11) is 0. The van der Waals surface area contributed by atoms with Gasteiger partial charge in [0.2, 0.25) is 0 Å². The number of thioether (sulfide) groups is 1. The summed E-state index contributed by atoms with van der Waals surface area (Å²) in [6, 6.07) is 17.0. The van der Waals surface area contributed by atoms with Crippen LogP contribution in [0.4, 0.5) is 15.6 Å². The molecule has 0 spiro atoms. The number of urea groups is 1. The highest BCUT2D eigenvalue weighted by Crippen LogP contribution is 2.39. The van der Waals surface area contributed by atoms with Gasteiger partial charge in [-0.3, -0.25) is 15.2 Å². The number of hydrogen-bond acceptors (Lipinski definition) is 10. The Balaban J connectivity index is 1.20. The number of hydrogen-bond donors (Lipinski definition) is 3. The summed E-state index contributed by atoms with van der Waals surface area (Å²) in [6.07, 6.45) is 3.41. The quantitative estimate of drug-likeness (QED) is 0.115. The second-order valence-electron chi connectivity index (χ2n) is 8.94. The Hall–Kier alpha value is -3.55. The van der Waals surface area contributed by atoms with Gasteiger partial charge in [0.1, 0.15) is 23.1 Å². The minimum atomic E-state index is -1.66. The molecule has 5 aromatic rings. The van der Waals surface area contributed by atoms with Gasteiger partial charge in [0.25, 0.3) is 0 Å². The number of anilines is 2. The first-order valence-electron chi connectivity index (χ1n) is 12.6. The minimum absolute atomic E-state index is 0.272. The van der Waals surface area contributed by atoms with Gasteiger partial charge < -0.3 is 14.9 Å². The summed E-state index contributed by atoms with van der Waals surface area (Å²) in [5, 5.41) is 24.1. The lowest BCUT2D eigenvalue weighted by atomic mass is 10.1. The van der Waals surface area contributed by atoms with Crippen molar-refractivity contribution in [3.8, 4) is 16.3 Å². The molecular formula is C28H25N5O4S3. The molecule has 3 N–H and O–H groups in total. The number of amides is 2. The van der Waals surface area contributed by atoms with Gasteiger partial charge in [-0.05, 0) is 61.1 Å². The number of aryl methyl sites for hydroxylation is 1. The number of carbonyl (C=O) groups is 1. The average Bonchev–Trinajstić information content (AvgIpc) is 3.59. The molecule has 4 heterocycles. The van der Waals surface area contributed by atoms with Crippen molar-refractivity contribution in [2.75, 3.05) is 29.1 Å². The van der Waals surface area contributed by atoms with E-state index in [1.165, 1.54) is 22.7 Å². The molecule has 12 heteroatoms. The molecule has 0 bridgehead atoms. The number of pyridine rings is 1. The number of benzene rings is 2. The maximum absolute atomic E-state index is 13.3. The highest BCUT2D eigenvalue weighted by atomic mass is 32.2. The summed E-state index contributed by atoms with van der Waals surface area (Å²) >= 11 is 4.59. The number of thiazole rings is 2. The standard InChI is InChI=1S/C28H25N5O4S3/c34-26(35)24-23(6-3-15-38-18-9-11-29-12-10-18)39-25(31-24)17-7-8-21-20(16-17)33(13-14-37-21)28(36)32-27-30-19-4-1-2-5-22(19)40-27/h1-2,4-5,7-12,16,26,34-35H,3,6,13-15H2,(H,30,32,36). The Morgan fingerprint density at radius 3 is 2.77 bits per heavy atom. The van der Waals surface area contributed by atoms with Gasteiger partial charge in [-0.25, -0.2) is 14.8 Å². The molecule has 204 valence electrons. The van der Waals surface area contributed by atoms with Crippen LogP contribution in [-0.2, 0) is 6.42 Å². The average molecular weight is 592 g/mol. The summed E-state index contributed by atoms with van der Waals surface area (Å²) in [6.45, 7) is 0.755. The van der Waals surface area contributed by atoms with Crippen molar-refractivity contribution in [3.05, 3.63) is 77.6 Å². The summed E-state index contributed by atoms with van der Waals surface area (Å²) in [5.74, 6) is 1.48. The molecule has 2 aromatic carbocycles.